The second-order valence-corrected chi connectivity index (χ2v) is 7.12. The largest absolute Gasteiger partial charge is 0.493 e. The van der Waals surface area contributed by atoms with E-state index in [2.05, 4.69) is 5.32 Å². The van der Waals surface area contributed by atoms with Crippen LogP contribution >= 0.6 is 0 Å². The van der Waals surface area contributed by atoms with Gasteiger partial charge in [0.25, 0.3) is 0 Å². The minimum Gasteiger partial charge on any atom is -0.493 e. The van der Waals surface area contributed by atoms with Crippen molar-refractivity contribution in [3.63, 3.8) is 0 Å². The summed E-state index contributed by atoms with van der Waals surface area (Å²) in [6.45, 7) is 5.92. The molecule has 2 amide bonds. The fourth-order valence-electron chi connectivity index (χ4n) is 3.27. The van der Waals surface area contributed by atoms with Crippen LogP contribution in [0.3, 0.4) is 0 Å². The summed E-state index contributed by atoms with van der Waals surface area (Å²) in [5, 5.41) is 11.9. The van der Waals surface area contributed by atoms with Crippen LogP contribution in [0.2, 0.25) is 0 Å². The monoisotopic (exact) mass is 377 g/mol. The molecule has 7 nitrogen and oxygen atoms in total. The standard InChI is InChI=1S/C20H31N3O4/c1-4-23(14-19(24)25)17-12-16(13-17)21-20(26)22(3)10-7-11-27-18-9-6-5-8-15(18)2/h5-6,8-9,16-17H,4,7,10-14H2,1-3H3,(H,21,26)(H,24,25). The summed E-state index contributed by atoms with van der Waals surface area (Å²) in [6.07, 6.45) is 2.36. The van der Waals surface area contributed by atoms with Gasteiger partial charge in [-0.1, -0.05) is 25.1 Å². The number of nitrogens with zero attached hydrogens (tertiary/aromatic N) is 2. The Morgan fingerprint density at radius 1 is 1.30 bits per heavy atom. The fraction of sp³-hybridized carbons (Fsp3) is 0.600. The number of hydrogen-bond acceptors (Lipinski definition) is 4. The van der Waals surface area contributed by atoms with E-state index in [1.807, 2.05) is 43.0 Å². The van der Waals surface area contributed by atoms with Gasteiger partial charge in [0.1, 0.15) is 5.75 Å². The van der Waals surface area contributed by atoms with Crippen molar-refractivity contribution in [2.45, 2.75) is 45.2 Å². The minimum atomic E-state index is -0.808. The number of benzene rings is 1. The molecule has 2 N–H and O–H groups in total. The number of ether oxygens (including phenoxy) is 1. The number of para-hydroxylation sites is 1. The average molecular weight is 377 g/mol. The van der Waals surface area contributed by atoms with E-state index in [0.717, 1.165) is 30.6 Å². The van der Waals surface area contributed by atoms with Gasteiger partial charge in [-0.25, -0.2) is 4.79 Å². The van der Waals surface area contributed by atoms with Crippen LogP contribution in [0.5, 0.6) is 5.75 Å². The Hall–Kier alpha value is -2.28. The van der Waals surface area contributed by atoms with Gasteiger partial charge in [-0.05, 0) is 44.4 Å². The number of carbonyl (C=O) groups is 2. The number of aliphatic carboxylic acids is 1. The number of likely N-dealkylation sites (N-methyl/N-ethyl adjacent to an activating group) is 1. The van der Waals surface area contributed by atoms with Crippen molar-refractivity contribution >= 4 is 12.0 Å². The summed E-state index contributed by atoms with van der Waals surface area (Å²) < 4.78 is 5.75. The molecular formula is C20H31N3O4. The first-order valence-electron chi connectivity index (χ1n) is 9.56. The van der Waals surface area contributed by atoms with Gasteiger partial charge in [0.05, 0.1) is 13.2 Å². The molecule has 7 heteroatoms. The Morgan fingerprint density at radius 2 is 2.00 bits per heavy atom. The average Bonchev–Trinajstić information content (AvgIpc) is 2.60. The molecule has 0 heterocycles. The summed E-state index contributed by atoms with van der Waals surface area (Å²) in [6, 6.07) is 8.16. The lowest BCUT2D eigenvalue weighted by Gasteiger charge is -2.42. The number of carbonyl (C=O) groups excluding carboxylic acids is 1. The third-order valence-corrected chi connectivity index (χ3v) is 5.04. The second-order valence-electron chi connectivity index (χ2n) is 7.12. The van der Waals surface area contributed by atoms with Gasteiger partial charge in [0.15, 0.2) is 0 Å². The number of aryl methyl sites for hydroxylation is 1. The second kappa shape index (κ2) is 10.2. The molecule has 1 saturated carbocycles. The van der Waals surface area contributed by atoms with Gasteiger partial charge in [-0.15, -0.1) is 0 Å². The van der Waals surface area contributed by atoms with Crippen molar-refractivity contribution in [3.8, 4) is 5.75 Å². The highest BCUT2D eigenvalue weighted by Crippen LogP contribution is 2.25. The van der Waals surface area contributed by atoms with Crippen LogP contribution < -0.4 is 10.1 Å². The van der Waals surface area contributed by atoms with E-state index in [-0.39, 0.29) is 24.7 Å². The van der Waals surface area contributed by atoms with E-state index < -0.39 is 5.97 Å². The molecule has 0 unspecified atom stereocenters. The molecular weight excluding hydrogens is 346 g/mol. The van der Waals surface area contributed by atoms with Crippen molar-refractivity contribution < 1.29 is 19.4 Å². The topological polar surface area (TPSA) is 82.1 Å². The predicted octanol–water partition coefficient (Wildman–Crippen LogP) is 2.34. The maximum atomic E-state index is 12.3. The SMILES string of the molecule is CCN(CC(=O)O)C1CC(NC(=O)N(C)CCCOc2ccccc2C)C1. The van der Waals surface area contributed by atoms with E-state index in [1.54, 1.807) is 11.9 Å². The number of rotatable bonds is 10. The van der Waals surface area contributed by atoms with Gasteiger partial charge in [0.2, 0.25) is 0 Å². The van der Waals surface area contributed by atoms with Crippen molar-refractivity contribution in [2.24, 2.45) is 0 Å². The molecule has 27 heavy (non-hydrogen) atoms. The zero-order chi connectivity index (χ0) is 19.8. The van der Waals surface area contributed by atoms with Gasteiger partial charge < -0.3 is 20.1 Å². The zero-order valence-corrected chi connectivity index (χ0v) is 16.5. The number of nitrogens with one attached hydrogen (secondary N) is 1. The Labute approximate surface area is 161 Å². The zero-order valence-electron chi connectivity index (χ0n) is 16.5. The number of urea groups is 1. The van der Waals surface area contributed by atoms with Gasteiger partial charge in [-0.2, -0.15) is 0 Å². The fourth-order valence-corrected chi connectivity index (χ4v) is 3.27. The van der Waals surface area contributed by atoms with Crippen molar-refractivity contribution in [3.05, 3.63) is 29.8 Å². The molecule has 1 fully saturated rings. The Morgan fingerprint density at radius 3 is 2.63 bits per heavy atom. The third-order valence-electron chi connectivity index (χ3n) is 5.04. The van der Waals surface area contributed by atoms with E-state index in [1.165, 1.54) is 0 Å². The van der Waals surface area contributed by atoms with Crippen LogP contribution in [0.1, 0.15) is 31.7 Å². The minimum absolute atomic E-state index is 0.0582. The molecule has 2 rings (SSSR count). The molecule has 1 aromatic rings. The molecule has 0 saturated heterocycles. The van der Waals surface area contributed by atoms with E-state index in [9.17, 15) is 9.59 Å². The Kier molecular flexibility index (Phi) is 7.91. The maximum Gasteiger partial charge on any atom is 0.317 e. The number of carboxylic acids is 1. The molecule has 0 bridgehead atoms. The van der Waals surface area contributed by atoms with Crippen LogP contribution in [0.15, 0.2) is 24.3 Å². The molecule has 0 atom stereocenters. The Balaban J connectivity index is 1.62. The smallest absolute Gasteiger partial charge is 0.317 e. The molecule has 0 spiro atoms. The molecule has 0 aromatic heterocycles. The number of carboxylic acid groups (broad SMARTS) is 1. The number of amides is 2. The van der Waals surface area contributed by atoms with Crippen molar-refractivity contribution in [1.29, 1.82) is 0 Å². The van der Waals surface area contributed by atoms with E-state index in [4.69, 9.17) is 9.84 Å². The summed E-state index contributed by atoms with van der Waals surface area (Å²) in [7, 11) is 1.78. The molecule has 0 aliphatic heterocycles. The number of hydrogen-bond donors (Lipinski definition) is 2. The van der Waals surface area contributed by atoms with E-state index >= 15 is 0 Å². The summed E-state index contributed by atoms with van der Waals surface area (Å²) in [4.78, 5) is 26.7. The summed E-state index contributed by atoms with van der Waals surface area (Å²) >= 11 is 0. The predicted molar refractivity (Wildman–Crippen MR) is 104 cm³/mol. The first-order chi connectivity index (χ1) is 12.9. The molecule has 1 aliphatic carbocycles. The summed E-state index contributed by atoms with van der Waals surface area (Å²) in [5.74, 6) is 0.0731. The molecule has 1 aromatic carbocycles. The van der Waals surface area contributed by atoms with Crippen LogP contribution in [-0.4, -0.2) is 72.3 Å². The Bertz CT molecular complexity index is 631. The maximum absolute atomic E-state index is 12.3. The normalized spacial score (nSPS) is 18.7. The van der Waals surface area contributed by atoms with Crippen molar-refractivity contribution in [1.82, 2.24) is 15.1 Å². The first kappa shape index (κ1) is 21.0. The highest BCUT2D eigenvalue weighted by Gasteiger charge is 2.35. The quantitative estimate of drug-likeness (QED) is 0.612. The van der Waals surface area contributed by atoms with Crippen molar-refractivity contribution in [2.75, 3.05) is 33.3 Å². The molecule has 1 aliphatic rings. The summed E-state index contributed by atoms with van der Waals surface area (Å²) in [5.41, 5.74) is 1.10. The van der Waals surface area contributed by atoms with Gasteiger partial charge in [0, 0.05) is 25.7 Å². The van der Waals surface area contributed by atoms with Crippen LogP contribution in [0, 0.1) is 6.92 Å². The first-order valence-corrected chi connectivity index (χ1v) is 9.56. The van der Waals surface area contributed by atoms with Crippen LogP contribution in [0.4, 0.5) is 4.79 Å². The lowest BCUT2D eigenvalue weighted by molar-refractivity contribution is -0.139. The van der Waals surface area contributed by atoms with Gasteiger partial charge in [-0.3, -0.25) is 9.69 Å². The lowest BCUT2D eigenvalue weighted by Crippen LogP contribution is -2.56. The highest BCUT2D eigenvalue weighted by molar-refractivity contribution is 5.74. The van der Waals surface area contributed by atoms with Crippen LogP contribution in [-0.2, 0) is 4.79 Å². The van der Waals surface area contributed by atoms with E-state index in [0.29, 0.717) is 19.7 Å². The lowest BCUT2D eigenvalue weighted by atomic mass is 9.85. The highest BCUT2D eigenvalue weighted by atomic mass is 16.5. The molecule has 150 valence electrons. The third kappa shape index (κ3) is 6.43. The van der Waals surface area contributed by atoms with Gasteiger partial charge >= 0.3 is 12.0 Å². The van der Waals surface area contributed by atoms with Crippen LogP contribution in [0.25, 0.3) is 0 Å². The molecule has 0 radical (unpaired) electrons.